The molecule has 3 aromatic heterocycles. The summed E-state index contributed by atoms with van der Waals surface area (Å²) in [4.78, 5) is 0. The van der Waals surface area contributed by atoms with Gasteiger partial charge in [0.2, 0.25) is 0 Å². The molecule has 0 atom stereocenters. The number of furan rings is 1. The molecule has 0 aliphatic heterocycles. The summed E-state index contributed by atoms with van der Waals surface area (Å²) >= 11 is 0. The van der Waals surface area contributed by atoms with Crippen molar-refractivity contribution in [3.05, 3.63) is 109 Å². The molecule has 0 saturated heterocycles. The first kappa shape index (κ1) is 19.3. The van der Waals surface area contributed by atoms with Gasteiger partial charge in [0, 0.05) is 28.1 Å². The molecule has 1 saturated carbocycles. The van der Waals surface area contributed by atoms with Crippen LogP contribution >= 0.6 is 0 Å². The van der Waals surface area contributed by atoms with Gasteiger partial charge in [-0.25, -0.2) is 8.91 Å². The van der Waals surface area contributed by atoms with E-state index in [0.717, 1.165) is 68.7 Å². The molecule has 4 heteroatoms. The Kier molecular flexibility index (Phi) is 4.21. The molecule has 0 bridgehead atoms. The third-order valence-corrected chi connectivity index (χ3v) is 6.66. The number of hydrogen-bond donors (Lipinski definition) is 0. The lowest BCUT2D eigenvalue weighted by atomic mass is 9.99. The highest BCUT2D eigenvalue weighted by Crippen LogP contribution is 2.45. The molecule has 3 heterocycles. The largest absolute Gasteiger partial charge is 0.454 e. The van der Waals surface area contributed by atoms with Gasteiger partial charge in [0.15, 0.2) is 5.76 Å². The van der Waals surface area contributed by atoms with Crippen LogP contribution < -0.4 is 0 Å². The molecule has 6 aromatic rings. The molecule has 0 spiro atoms. The molecule has 34 heavy (non-hydrogen) atoms. The summed E-state index contributed by atoms with van der Waals surface area (Å²) in [7, 11) is 0. The van der Waals surface area contributed by atoms with Crippen LogP contribution in [0.4, 0.5) is 4.39 Å². The molecule has 1 fully saturated rings. The van der Waals surface area contributed by atoms with Gasteiger partial charge in [0.1, 0.15) is 17.3 Å². The summed E-state index contributed by atoms with van der Waals surface area (Å²) in [6, 6.07) is 31.5. The minimum Gasteiger partial charge on any atom is -0.454 e. The first-order valence-corrected chi connectivity index (χ1v) is 11.6. The van der Waals surface area contributed by atoms with Gasteiger partial charge in [0.25, 0.3) is 0 Å². The fraction of sp³-hybridized carbons (Fsp3) is 0.100. The zero-order valence-electron chi connectivity index (χ0n) is 18.4. The smallest absolute Gasteiger partial charge is 0.155 e. The monoisotopic (exact) mass is 444 g/mol. The predicted molar refractivity (Wildman–Crippen MR) is 133 cm³/mol. The van der Waals surface area contributed by atoms with Crippen LogP contribution in [-0.2, 0) is 0 Å². The normalized spacial score (nSPS) is 13.7. The quantitative estimate of drug-likeness (QED) is 0.275. The van der Waals surface area contributed by atoms with Crippen molar-refractivity contribution >= 4 is 16.3 Å². The Balaban J connectivity index is 1.56. The van der Waals surface area contributed by atoms with Gasteiger partial charge in [0.05, 0.1) is 5.52 Å². The maximum Gasteiger partial charge on any atom is 0.155 e. The number of fused-ring (bicyclic) bond motifs is 3. The topological polar surface area (TPSA) is 30.4 Å². The summed E-state index contributed by atoms with van der Waals surface area (Å²) in [5.74, 6) is 1.75. The second kappa shape index (κ2) is 7.42. The highest BCUT2D eigenvalue weighted by Gasteiger charge is 2.30. The fourth-order valence-corrected chi connectivity index (χ4v) is 4.89. The standard InChI is InChI=1S/C30H21FN2O/c31-23-13-14-24-22(17-23)18-25(19-11-12-19)33-30(24)28(21-9-5-2-6-10-21)29(32-33)27-16-15-26(34-27)20-7-3-1-4-8-20/h1-10,13-19H,11-12H2. The molecule has 3 aromatic carbocycles. The van der Waals surface area contributed by atoms with Crippen LogP contribution in [0.3, 0.4) is 0 Å². The maximum absolute atomic E-state index is 14.2. The molecule has 3 nitrogen and oxygen atoms in total. The van der Waals surface area contributed by atoms with Crippen LogP contribution in [0.2, 0.25) is 0 Å². The fourth-order valence-electron chi connectivity index (χ4n) is 4.89. The van der Waals surface area contributed by atoms with Crippen LogP contribution in [-0.4, -0.2) is 9.61 Å². The van der Waals surface area contributed by atoms with Gasteiger partial charge >= 0.3 is 0 Å². The molecule has 0 amide bonds. The Morgan fingerprint density at radius 1 is 0.765 bits per heavy atom. The lowest BCUT2D eigenvalue weighted by molar-refractivity contribution is 0.594. The number of benzene rings is 3. The highest BCUT2D eigenvalue weighted by molar-refractivity contribution is 6.07. The third-order valence-electron chi connectivity index (χ3n) is 6.66. The number of rotatable bonds is 4. The van der Waals surface area contributed by atoms with E-state index < -0.39 is 0 Å². The highest BCUT2D eigenvalue weighted by atomic mass is 19.1. The molecule has 1 aliphatic carbocycles. The van der Waals surface area contributed by atoms with Crippen molar-refractivity contribution in [1.82, 2.24) is 9.61 Å². The first-order chi connectivity index (χ1) is 16.8. The summed E-state index contributed by atoms with van der Waals surface area (Å²) in [5, 5.41) is 7.02. The Hall–Kier alpha value is -4.18. The Labute approximate surface area is 196 Å². The van der Waals surface area contributed by atoms with Gasteiger partial charge in [-0.2, -0.15) is 5.10 Å². The molecule has 7 rings (SSSR count). The van der Waals surface area contributed by atoms with E-state index in [1.165, 1.54) is 6.07 Å². The number of hydrogen-bond acceptors (Lipinski definition) is 2. The second-order valence-corrected chi connectivity index (χ2v) is 8.96. The second-order valence-electron chi connectivity index (χ2n) is 8.96. The summed E-state index contributed by atoms with van der Waals surface area (Å²) in [5.41, 5.74) is 6.02. The summed E-state index contributed by atoms with van der Waals surface area (Å²) in [6.07, 6.45) is 2.26. The van der Waals surface area contributed by atoms with E-state index in [1.807, 2.05) is 66.7 Å². The van der Waals surface area contributed by atoms with Crippen LogP contribution in [0, 0.1) is 5.82 Å². The average Bonchev–Trinajstić information content (AvgIpc) is 3.46. The SMILES string of the molecule is Fc1ccc2c(c1)cc(C1CC1)n1nc(-c3ccc(-c4ccccc4)o3)c(-c3ccccc3)c21. The molecular formula is C30H21FN2O. The zero-order valence-corrected chi connectivity index (χ0v) is 18.4. The van der Waals surface area contributed by atoms with Crippen molar-refractivity contribution in [2.24, 2.45) is 0 Å². The molecule has 0 radical (unpaired) electrons. The van der Waals surface area contributed by atoms with E-state index in [1.54, 1.807) is 6.07 Å². The Morgan fingerprint density at radius 2 is 1.47 bits per heavy atom. The van der Waals surface area contributed by atoms with Crippen LogP contribution in [0.5, 0.6) is 0 Å². The number of aromatic nitrogens is 2. The molecular weight excluding hydrogens is 423 g/mol. The lowest BCUT2D eigenvalue weighted by Crippen LogP contribution is -1.98. The van der Waals surface area contributed by atoms with Crippen LogP contribution in [0.25, 0.3) is 50.2 Å². The van der Waals surface area contributed by atoms with Crippen molar-refractivity contribution in [3.8, 4) is 33.9 Å². The predicted octanol–water partition coefficient (Wildman–Crippen LogP) is 8.10. The number of nitrogens with zero attached hydrogens (tertiary/aromatic N) is 2. The minimum atomic E-state index is -0.224. The Bertz CT molecular complexity index is 1660. The van der Waals surface area contributed by atoms with Crippen molar-refractivity contribution < 1.29 is 8.81 Å². The Morgan fingerprint density at radius 3 is 2.21 bits per heavy atom. The number of pyridine rings is 1. The minimum absolute atomic E-state index is 0.224. The van der Waals surface area contributed by atoms with E-state index in [2.05, 4.69) is 22.7 Å². The molecule has 0 unspecified atom stereocenters. The van der Waals surface area contributed by atoms with Crippen LogP contribution in [0.15, 0.2) is 101 Å². The van der Waals surface area contributed by atoms with E-state index in [9.17, 15) is 4.39 Å². The van der Waals surface area contributed by atoms with Crippen molar-refractivity contribution in [3.63, 3.8) is 0 Å². The lowest BCUT2D eigenvalue weighted by Gasteiger charge is -2.09. The van der Waals surface area contributed by atoms with E-state index in [4.69, 9.17) is 9.52 Å². The molecule has 164 valence electrons. The average molecular weight is 445 g/mol. The van der Waals surface area contributed by atoms with E-state index in [0.29, 0.717) is 5.92 Å². The van der Waals surface area contributed by atoms with Gasteiger partial charge in [-0.3, -0.25) is 0 Å². The maximum atomic E-state index is 14.2. The van der Waals surface area contributed by atoms with Crippen molar-refractivity contribution in [2.75, 3.05) is 0 Å². The molecule has 1 aliphatic rings. The third kappa shape index (κ3) is 3.06. The van der Waals surface area contributed by atoms with E-state index in [-0.39, 0.29) is 5.82 Å². The van der Waals surface area contributed by atoms with Crippen LogP contribution in [0.1, 0.15) is 24.5 Å². The van der Waals surface area contributed by atoms with Gasteiger partial charge in [-0.05, 0) is 60.2 Å². The van der Waals surface area contributed by atoms with Gasteiger partial charge in [-0.15, -0.1) is 0 Å². The summed E-state index contributed by atoms with van der Waals surface area (Å²) < 4.78 is 22.6. The van der Waals surface area contributed by atoms with Crippen molar-refractivity contribution in [2.45, 2.75) is 18.8 Å². The first-order valence-electron chi connectivity index (χ1n) is 11.6. The van der Waals surface area contributed by atoms with E-state index >= 15 is 0 Å². The number of halogens is 1. The zero-order chi connectivity index (χ0) is 22.6. The van der Waals surface area contributed by atoms with Gasteiger partial charge in [-0.1, -0.05) is 60.7 Å². The van der Waals surface area contributed by atoms with Gasteiger partial charge < -0.3 is 4.42 Å². The molecule has 0 N–H and O–H groups in total. The summed E-state index contributed by atoms with van der Waals surface area (Å²) in [6.45, 7) is 0. The van der Waals surface area contributed by atoms with Crippen molar-refractivity contribution in [1.29, 1.82) is 0 Å².